The van der Waals surface area contributed by atoms with E-state index in [0.717, 1.165) is 5.39 Å². The molecule has 0 saturated carbocycles. The highest BCUT2D eigenvalue weighted by Gasteiger charge is 2.34. The monoisotopic (exact) mass is 227 g/mol. The molecule has 1 nitrogen and oxygen atoms in total. The van der Waals surface area contributed by atoms with E-state index in [2.05, 4.69) is 4.98 Å². The van der Waals surface area contributed by atoms with Crippen molar-refractivity contribution in [1.82, 2.24) is 4.98 Å². The molecule has 0 bridgehead atoms. The van der Waals surface area contributed by atoms with Crippen molar-refractivity contribution in [1.29, 1.82) is 0 Å². The number of rotatable bonds is 1. The van der Waals surface area contributed by atoms with Gasteiger partial charge in [-0.3, -0.25) is 0 Å². The summed E-state index contributed by atoms with van der Waals surface area (Å²) in [6.07, 6.45) is -2.65. The summed E-state index contributed by atoms with van der Waals surface area (Å²) in [6, 6.07) is 4.57. The highest BCUT2D eigenvalue weighted by atomic mass is 19.4. The lowest BCUT2D eigenvalue weighted by Crippen LogP contribution is -2.10. The summed E-state index contributed by atoms with van der Waals surface area (Å²) in [5, 5.41) is 0.816. The number of nitrogens with one attached hydrogen (secondary N) is 1. The molecule has 0 saturated heterocycles. The lowest BCUT2D eigenvalue weighted by molar-refractivity contribution is -0.138. The molecule has 0 spiro atoms. The van der Waals surface area contributed by atoms with Gasteiger partial charge in [0.05, 0.1) is 5.56 Å². The molecule has 0 aliphatic rings. The first kappa shape index (κ1) is 11.0. The van der Waals surface area contributed by atoms with Crippen molar-refractivity contribution < 1.29 is 13.2 Å². The van der Waals surface area contributed by atoms with Crippen molar-refractivity contribution in [3.8, 4) is 0 Å². The molecule has 0 fully saturated rings. The van der Waals surface area contributed by atoms with E-state index in [0.29, 0.717) is 11.1 Å². The molecule has 1 heterocycles. The van der Waals surface area contributed by atoms with Crippen molar-refractivity contribution in [2.24, 2.45) is 0 Å². The van der Waals surface area contributed by atoms with Crippen LogP contribution in [0, 0.1) is 0 Å². The van der Waals surface area contributed by atoms with Crippen molar-refractivity contribution in [3.63, 3.8) is 0 Å². The van der Waals surface area contributed by atoms with Crippen LogP contribution in [0.15, 0.2) is 24.4 Å². The minimum absolute atomic E-state index is 0.143. The van der Waals surface area contributed by atoms with Gasteiger partial charge in [0, 0.05) is 11.7 Å². The zero-order valence-corrected chi connectivity index (χ0v) is 9.02. The Balaban J connectivity index is 2.72. The Bertz CT molecular complexity index is 508. The van der Waals surface area contributed by atoms with Crippen molar-refractivity contribution in [2.75, 3.05) is 0 Å². The second-order valence-corrected chi connectivity index (χ2v) is 4.16. The first-order valence-electron chi connectivity index (χ1n) is 5.08. The Labute approximate surface area is 91.3 Å². The summed E-state index contributed by atoms with van der Waals surface area (Å²) >= 11 is 0. The van der Waals surface area contributed by atoms with E-state index in [1.807, 2.05) is 0 Å². The van der Waals surface area contributed by atoms with Crippen molar-refractivity contribution in [2.45, 2.75) is 25.9 Å². The third-order valence-corrected chi connectivity index (χ3v) is 2.65. The van der Waals surface area contributed by atoms with E-state index in [1.54, 1.807) is 32.2 Å². The molecule has 0 unspecified atom stereocenters. The van der Waals surface area contributed by atoms with E-state index >= 15 is 0 Å². The van der Waals surface area contributed by atoms with Gasteiger partial charge in [0.2, 0.25) is 0 Å². The second kappa shape index (κ2) is 3.54. The van der Waals surface area contributed by atoms with Gasteiger partial charge in [-0.25, -0.2) is 0 Å². The average Bonchev–Trinajstić information content (AvgIpc) is 2.60. The van der Waals surface area contributed by atoms with Gasteiger partial charge in [-0.2, -0.15) is 13.2 Å². The first-order valence-corrected chi connectivity index (χ1v) is 5.08. The number of hydrogen-bond donors (Lipinski definition) is 1. The molecule has 1 aromatic carbocycles. The predicted molar refractivity (Wildman–Crippen MR) is 57.4 cm³/mol. The number of alkyl halides is 3. The summed E-state index contributed by atoms with van der Waals surface area (Å²) in [4.78, 5) is 2.80. The molecule has 4 heteroatoms. The Morgan fingerprint density at radius 3 is 2.44 bits per heavy atom. The maximum absolute atomic E-state index is 12.8. The third-order valence-electron chi connectivity index (χ3n) is 2.65. The molecule has 0 radical (unpaired) electrons. The van der Waals surface area contributed by atoms with E-state index in [9.17, 15) is 13.2 Å². The van der Waals surface area contributed by atoms with E-state index in [1.165, 1.54) is 6.07 Å². The van der Waals surface area contributed by atoms with Gasteiger partial charge in [0.25, 0.3) is 0 Å². The molecule has 0 amide bonds. The normalized spacial score (nSPS) is 12.6. The van der Waals surface area contributed by atoms with Crippen LogP contribution in [-0.2, 0) is 6.18 Å². The Morgan fingerprint density at radius 2 is 1.88 bits per heavy atom. The smallest absolute Gasteiger partial charge is 0.361 e. The number of fused-ring (bicyclic) bond motifs is 1. The van der Waals surface area contributed by atoms with Gasteiger partial charge in [-0.1, -0.05) is 13.8 Å². The highest BCUT2D eigenvalue weighted by molar-refractivity contribution is 5.81. The lowest BCUT2D eigenvalue weighted by Gasteiger charge is -2.15. The van der Waals surface area contributed by atoms with Crippen LogP contribution in [-0.4, -0.2) is 4.98 Å². The molecule has 2 rings (SSSR count). The molecule has 1 aromatic heterocycles. The molecule has 0 aliphatic heterocycles. The molecule has 16 heavy (non-hydrogen) atoms. The maximum atomic E-state index is 12.8. The Morgan fingerprint density at radius 1 is 1.19 bits per heavy atom. The standard InChI is InChI=1S/C12H12F3N/c1-7(2)9-5-8-3-4-16-11(8)6-10(9)12(13,14)15/h3-7,16H,1-2H3. The zero-order chi connectivity index (χ0) is 11.9. The molecular formula is C12H12F3N. The van der Waals surface area contributed by atoms with Crippen molar-refractivity contribution in [3.05, 3.63) is 35.5 Å². The summed E-state index contributed by atoms with van der Waals surface area (Å²) in [6.45, 7) is 3.53. The largest absolute Gasteiger partial charge is 0.416 e. The summed E-state index contributed by atoms with van der Waals surface area (Å²) in [5.74, 6) is -0.143. The van der Waals surface area contributed by atoms with Gasteiger partial charge in [0.1, 0.15) is 0 Å². The van der Waals surface area contributed by atoms with Gasteiger partial charge < -0.3 is 4.98 Å². The first-order chi connectivity index (χ1) is 7.39. The molecule has 1 N–H and O–H groups in total. The summed E-state index contributed by atoms with van der Waals surface area (Å²) in [7, 11) is 0. The lowest BCUT2D eigenvalue weighted by atomic mass is 9.95. The molecule has 2 aromatic rings. The number of aromatic amines is 1. The van der Waals surface area contributed by atoms with E-state index in [4.69, 9.17) is 0 Å². The van der Waals surface area contributed by atoms with Crippen LogP contribution >= 0.6 is 0 Å². The van der Waals surface area contributed by atoms with Crippen LogP contribution in [0.4, 0.5) is 13.2 Å². The minimum atomic E-state index is -4.29. The number of H-pyrrole nitrogens is 1. The second-order valence-electron chi connectivity index (χ2n) is 4.16. The third kappa shape index (κ3) is 1.79. The zero-order valence-electron chi connectivity index (χ0n) is 9.02. The number of benzene rings is 1. The van der Waals surface area contributed by atoms with Crippen LogP contribution in [0.1, 0.15) is 30.9 Å². The fourth-order valence-electron chi connectivity index (χ4n) is 1.84. The van der Waals surface area contributed by atoms with Gasteiger partial charge in [0.15, 0.2) is 0 Å². The Kier molecular flexibility index (Phi) is 2.45. The topological polar surface area (TPSA) is 15.8 Å². The number of aromatic nitrogens is 1. The van der Waals surface area contributed by atoms with Crippen molar-refractivity contribution >= 4 is 10.9 Å². The van der Waals surface area contributed by atoms with Crippen LogP contribution < -0.4 is 0 Å². The van der Waals surface area contributed by atoms with E-state index in [-0.39, 0.29) is 5.92 Å². The average molecular weight is 227 g/mol. The van der Waals surface area contributed by atoms with Gasteiger partial charge >= 0.3 is 6.18 Å². The van der Waals surface area contributed by atoms with Crippen LogP contribution in [0.5, 0.6) is 0 Å². The molecule has 0 aliphatic carbocycles. The minimum Gasteiger partial charge on any atom is -0.361 e. The van der Waals surface area contributed by atoms with Gasteiger partial charge in [-0.15, -0.1) is 0 Å². The molecule has 0 atom stereocenters. The van der Waals surface area contributed by atoms with E-state index < -0.39 is 11.7 Å². The van der Waals surface area contributed by atoms with Crippen LogP contribution in [0.25, 0.3) is 10.9 Å². The number of hydrogen-bond acceptors (Lipinski definition) is 0. The highest BCUT2D eigenvalue weighted by Crippen LogP contribution is 2.37. The molecular weight excluding hydrogens is 215 g/mol. The fourth-order valence-corrected chi connectivity index (χ4v) is 1.84. The Hall–Kier alpha value is -1.45. The SMILES string of the molecule is CC(C)c1cc2cc[nH]c2cc1C(F)(F)F. The van der Waals surface area contributed by atoms with Crippen LogP contribution in [0.2, 0.25) is 0 Å². The van der Waals surface area contributed by atoms with Gasteiger partial charge in [-0.05, 0) is 35.1 Å². The predicted octanol–water partition coefficient (Wildman–Crippen LogP) is 4.31. The van der Waals surface area contributed by atoms with Crippen LogP contribution in [0.3, 0.4) is 0 Å². The summed E-state index contributed by atoms with van der Waals surface area (Å²) in [5.41, 5.74) is 0.328. The fraction of sp³-hybridized carbons (Fsp3) is 0.333. The number of halogens is 3. The summed E-state index contributed by atoms with van der Waals surface area (Å²) < 4.78 is 38.5. The maximum Gasteiger partial charge on any atom is 0.416 e. The quantitative estimate of drug-likeness (QED) is 0.747. The molecule has 86 valence electrons.